The zero-order valence-corrected chi connectivity index (χ0v) is 10.5. The second kappa shape index (κ2) is 5.77. The second-order valence-corrected chi connectivity index (χ2v) is 4.26. The Morgan fingerprint density at radius 2 is 2.26 bits per heavy atom. The molecule has 5 heteroatoms. The van der Waals surface area contributed by atoms with Crippen LogP contribution in [-0.2, 0) is 4.74 Å². The molecule has 98 valence electrons. The first-order chi connectivity index (χ1) is 9.42. The van der Waals surface area contributed by atoms with Gasteiger partial charge in [0.2, 0.25) is 5.88 Å². The maximum absolute atomic E-state index is 5.68. The van der Waals surface area contributed by atoms with Gasteiger partial charge in [0.05, 0.1) is 18.5 Å². The lowest BCUT2D eigenvalue weighted by molar-refractivity contribution is 0.0248. The van der Waals surface area contributed by atoms with Gasteiger partial charge in [0.15, 0.2) is 0 Å². The summed E-state index contributed by atoms with van der Waals surface area (Å²) in [5, 5.41) is 3.29. The molecule has 0 bridgehead atoms. The predicted octanol–water partition coefficient (Wildman–Crippen LogP) is 1.93. The van der Waals surface area contributed by atoms with E-state index in [1.165, 1.54) is 0 Å². The molecular formula is C14H15N3O2. The summed E-state index contributed by atoms with van der Waals surface area (Å²) in [6, 6.07) is 9.37. The van der Waals surface area contributed by atoms with Crippen LogP contribution in [0.25, 0.3) is 0 Å². The first-order valence-corrected chi connectivity index (χ1v) is 6.29. The number of nitrogens with one attached hydrogen (secondary N) is 1. The fourth-order valence-electron chi connectivity index (χ4n) is 1.95. The van der Waals surface area contributed by atoms with Crippen molar-refractivity contribution in [2.24, 2.45) is 0 Å². The van der Waals surface area contributed by atoms with Crippen molar-refractivity contribution in [3.63, 3.8) is 0 Å². The molecule has 1 saturated heterocycles. The van der Waals surface area contributed by atoms with Crippen LogP contribution in [0.4, 0.5) is 0 Å². The summed E-state index contributed by atoms with van der Waals surface area (Å²) >= 11 is 0. The van der Waals surface area contributed by atoms with Crippen LogP contribution in [0.1, 0.15) is 11.8 Å². The Morgan fingerprint density at radius 1 is 1.26 bits per heavy atom. The van der Waals surface area contributed by atoms with Gasteiger partial charge in [0, 0.05) is 25.4 Å². The first kappa shape index (κ1) is 12.1. The molecule has 0 radical (unpaired) electrons. The molecule has 1 aliphatic heterocycles. The molecule has 3 heterocycles. The molecule has 0 spiro atoms. The van der Waals surface area contributed by atoms with Crippen molar-refractivity contribution >= 4 is 0 Å². The van der Waals surface area contributed by atoms with Crippen molar-refractivity contribution in [1.82, 2.24) is 15.3 Å². The molecule has 1 atom stereocenters. The summed E-state index contributed by atoms with van der Waals surface area (Å²) in [7, 11) is 0. The van der Waals surface area contributed by atoms with Crippen LogP contribution < -0.4 is 10.1 Å². The lowest BCUT2D eigenvalue weighted by Crippen LogP contribution is -2.33. The highest BCUT2D eigenvalue weighted by Gasteiger charge is 2.17. The highest BCUT2D eigenvalue weighted by Crippen LogP contribution is 2.22. The van der Waals surface area contributed by atoms with Gasteiger partial charge in [0.25, 0.3) is 0 Å². The number of nitrogens with zero attached hydrogens (tertiary/aromatic N) is 2. The topological polar surface area (TPSA) is 56.3 Å². The van der Waals surface area contributed by atoms with E-state index in [0.29, 0.717) is 18.2 Å². The minimum absolute atomic E-state index is 0.00815. The maximum Gasteiger partial charge on any atom is 0.219 e. The van der Waals surface area contributed by atoms with Gasteiger partial charge in [-0.3, -0.25) is 4.98 Å². The third kappa shape index (κ3) is 3.07. The highest BCUT2D eigenvalue weighted by atomic mass is 16.5. The molecule has 1 unspecified atom stereocenters. The zero-order valence-electron chi connectivity index (χ0n) is 10.5. The van der Waals surface area contributed by atoms with Crippen LogP contribution >= 0.6 is 0 Å². The molecule has 0 aliphatic carbocycles. The quantitative estimate of drug-likeness (QED) is 0.910. The van der Waals surface area contributed by atoms with Crippen LogP contribution in [0, 0.1) is 0 Å². The van der Waals surface area contributed by atoms with Crippen molar-refractivity contribution in [2.75, 3.05) is 19.7 Å². The van der Waals surface area contributed by atoms with Gasteiger partial charge < -0.3 is 14.8 Å². The standard InChI is InChI=1S/C14H15N3O2/c1-4-12(13-10-16-7-8-18-13)17-14(5-1)19-11-3-2-6-15-9-11/h1-6,9,13,16H,7-8,10H2. The number of pyridine rings is 2. The summed E-state index contributed by atoms with van der Waals surface area (Å²) in [6.45, 7) is 2.38. The lowest BCUT2D eigenvalue weighted by atomic mass is 10.2. The average molecular weight is 257 g/mol. The summed E-state index contributed by atoms with van der Waals surface area (Å²) in [4.78, 5) is 8.48. The molecule has 1 aliphatic rings. The molecule has 19 heavy (non-hydrogen) atoms. The van der Waals surface area contributed by atoms with E-state index in [2.05, 4.69) is 15.3 Å². The van der Waals surface area contributed by atoms with Crippen molar-refractivity contribution in [2.45, 2.75) is 6.10 Å². The Bertz CT molecular complexity index is 527. The molecule has 2 aromatic rings. The van der Waals surface area contributed by atoms with Gasteiger partial charge in [-0.1, -0.05) is 6.07 Å². The molecule has 1 fully saturated rings. The molecule has 5 nitrogen and oxygen atoms in total. The fourth-order valence-corrected chi connectivity index (χ4v) is 1.95. The molecule has 2 aromatic heterocycles. The SMILES string of the molecule is c1cncc(Oc2cccc(C3CNCCO3)n2)c1. The van der Waals surface area contributed by atoms with Crippen LogP contribution in [-0.4, -0.2) is 29.7 Å². The number of rotatable bonds is 3. The van der Waals surface area contributed by atoms with E-state index in [-0.39, 0.29) is 6.10 Å². The van der Waals surface area contributed by atoms with E-state index in [1.807, 2.05) is 30.3 Å². The van der Waals surface area contributed by atoms with E-state index in [9.17, 15) is 0 Å². The average Bonchev–Trinajstić information content (AvgIpc) is 2.49. The van der Waals surface area contributed by atoms with E-state index >= 15 is 0 Å². The lowest BCUT2D eigenvalue weighted by Gasteiger charge is -2.23. The highest BCUT2D eigenvalue weighted by molar-refractivity contribution is 5.25. The van der Waals surface area contributed by atoms with Crippen LogP contribution in [0.2, 0.25) is 0 Å². The second-order valence-electron chi connectivity index (χ2n) is 4.26. The minimum Gasteiger partial charge on any atom is -0.437 e. The molecule has 0 aromatic carbocycles. The monoisotopic (exact) mass is 257 g/mol. The maximum atomic E-state index is 5.68. The van der Waals surface area contributed by atoms with Crippen molar-refractivity contribution in [3.05, 3.63) is 48.4 Å². The number of ether oxygens (including phenoxy) is 2. The smallest absolute Gasteiger partial charge is 0.219 e. The van der Waals surface area contributed by atoms with Crippen molar-refractivity contribution < 1.29 is 9.47 Å². The molecule has 0 amide bonds. The number of morpholine rings is 1. The summed E-state index contributed by atoms with van der Waals surface area (Å²) in [5.74, 6) is 1.23. The first-order valence-electron chi connectivity index (χ1n) is 6.29. The number of hydrogen-bond acceptors (Lipinski definition) is 5. The van der Waals surface area contributed by atoms with Gasteiger partial charge in [-0.25, -0.2) is 4.98 Å². The van der Waals surface area contributed by atoms with Gasteiger partial charge in [-0.05, 0) is 18.2 Å². The molecular weight excluding hydrogens is 242 g/mol. The number of hydrogen-bond donors (Lipinski definition) is 1. The van der Waals surface area contributed by atoms with E-state index in [1.54, 1.807) is 12.4 Å². The predicted molar refractivity (Wildman–Crippen MR) is 70.1 cm³/mol. The summed E-state index contributed by atoms with van der Waals surface area (Å²) in [6.07, 6.45) is 3.36. The van der Waals surface area contributed by atoms with Gasteiger partial charge in [-0.2, -0.15) is 0 Å². The van der Waals surface area contributed by atoms with Crippen molar-refractivity contribution in [1.29, 1.82) is 0 Å². The van der Waals surface area contributed by atoms with E-state index in [0.717, 1.165) is 18.8 Å². The molecule has 3 rings (SSSR count). The summed E-state index contributed by atoms with van der Waals surface area (Å²) in [5.41, 5.74) is 0.883. The Labute approximate surface area is 111 Å². The Hall–Kier alpha value is -1.98. The Kier molecular flexibility index (Phi) is 3.67. The van der Waals surface area contributed by atoms with Gasteiger partial charge in [0.1, 0.15) is 11.9 Å². The Morgan fingerprint density at radius 3 is 3.05 bits per heavy atom. The van der Waals surface area contributed by atoms with Crippen LogP contribution in [0.5, 0.6) is 11.6 Å². The largest absolute Gasteiger partial charge is 0.437 e. The molecule has 0 saturated carbocycles. The summed E-state index contributed by atoms with van der Waals surface area (Å²) < 4.78 is 11.3. The van der Waals surface area contributed by atoms with Gasteiger partial charge >= 0.3 is 0 Å². The van der Waals surface area contributed by atoms with E-state index < -0.39 is 0 Å². The third-order valence-electron chi connectivity index (χ3n) is 2.86. The van der Waals surface area contributed by atoms with Crippen LogP contribution in [0.15, 0.2) is 42.7 Å². The fraction of sp³-hybridized carbons (Fsp3) is 0.286. The van der Waals surface area contributed by atoms with Crippen molar-refractivity contribution in [3.8, 4) is 11.6 Å². The zero-order chi connectivity index (χ0) is 12.9. The molecule has 1 N–H and O–H groups in total. The van der Waals surface area contributed by atoms with E-state index in [4.69, 9.17) is 9.47 Å². The van der Waals surface area contributed by atoms with Crippen LogP contribution in [0.3, 0.4) is 0 Å². The third-order valence-corrected chi connectivity index (χ3v) is 2.86. The minimum atomic E-state index is -0.00815. The van der Waals surface area contributed by atoms with Gasteiger partial charge in [-0.15, -0.1) is 0 Å². The Balaban J connectivity index is 1.76. The number of aromatic nitrogens is 2. The normalized spacial score (nSPS) is 19.1.